The van der Waals surface area contributed by atoms with E-state index in [1.165, 1.54) is 6.92 Å². The van der Waals surface area contributed by atoms with Crippen LogP contribution in [0.4, 0.5) is 52.7 Å². The number of aliphatic hydroxyl groups is 2. The normalized spacial score (nSPS) is 18.5. The SMILES string of the molecule is CC(F)(C(F)(F)C(F)(F)F)S(=O)(=O)O.CC(F)(C(F)(F)C(F)(F)F)S(=O)(=O)O.CC(O)CO. The lowest BCUT2D eigenvalue weighted by Crippen LogP contribution is -2.56. The highest BCUT2D eigenvalue weighted by Gasteiger charge is 2.75. The van der Waals surface area contributed by atoms with Gasteiger partial charge in [-0.15, -0.1) is 0 Å². The Hall–Kier alpha value is -1.10. The van der Waals surface area contributed by atoms with Gasteiger partial charge in [0.15, 0.2) is 0 Å². The number of aliphatic hydroxyl groups excluding tert-OH is 2. The van der Waals surface area contributed by atoms with E-state index < -0.39 is 74.4 Å². The molecule has 0 aromatic rings. The molecule has 0 heterocycles. The van der Waals surface area contributed by atoms with Crippen LogP contribution in [-0.4, -0.2) is 83.1 Å². The molecule has 0 fully saturated rings. The molecule has 0 bridgehead atoms. The fourth-order valence-electron chi connectivity index (χ4n) is 0.830. The predicted molar refractivity (Wildman–Crippen MR) is 82.9 cm³/mol. The third-order valence-corrected chi connectivity index (χ3v) is 5.52. The third kappa shape index (κ3) is 8.56. The maximum Gasteiger partial charge on any atom is 0.458 e. The molecule has 0 aromatic carbocycles. The Balaban J connectivity index is -0.000000453. The molecule has 8 nitrogen and oxygen atoms in total. The second-order valence-electron chi connectivity index (χ2n) is 5.96. The van der Waals surface area contributed by atoms with Crippen LogP contribution in [0.2, 0.25) is 0 Å². The zero-order valence-corrected chi connectivity index (χ0v) is 17.7. The molecule has 0 aliphatic rings. The van der Waals surface area contributed by atoms with Gasteiger partial charge >= 0.3 is 54.4 Å². The van der Waals surface area contributed by atoms with Crippen LogP contribution >= 0.6 is 0 Å². The predicted octanol–water partition coefficient (Wildman–Crippen LogP) is 2.87. The average molecular weight is 568 g/mol. The molecular weight excluding hydrogens is 552 g/mol. The van der Waals surface area contributed by atoms with Gasteiger partial charge in [0.1, 0.15) is 0 Å². The Labute approximate surface area is 177 Å². The summed E-state index contributed by atoms with van der Waals surface area (Å²) in [6, 6.07) is 0. The third-order valence-electron chi connectivity index (χ3n) is 3.07. The van der Waals surface area contributed by atoms with Crippen LogP contribution in [0.5, 0.6) is 0 Å². The fourth-order valence-corrected chi connectivity index (χ4v) is 1.71. The zero-order valence-electron chi connectivity index (χ0n) is 16.1. The molecule has 4 N–H and O–H groups in total. The van der Waals surface area contributed by atoms with Crippen LogP contribution in [0.15, 0.2) is 0 Å². The number of alkyl halides is 12. The zero-order chi connectivity index (χ0) is 28.3. The van der Waals surface area contributed by atoms with Crippen molar-refractivity contribution in [3.8, 4) is 0 Å². The molecular formula is C11H16F12O8S2. The van der Waals surface area contributed by atoms with Gasteiger partial charge in [-0.3, -0.25) is 9.11 Å². The number of hydrogen-bond acceptors (Lipinski definition) is 6. The quantitative estimate of drug-likeness (QED) is 0.292. The van der Waals surface area contributed by atoms with Crippen molar-refractivity contribution in [2.24, 2.45) is 0 Å². The van der Waals surface area contributed by atoms with Crippen molar-refractivity contribution in [1.82, 2.24) is 0 Å². The highest BCUT2D eigenvalue weighted by Crippen LogP contribution is 2.48. The van der Waals surface area contributed by atoms with E-state index in [1.54, 1.807) is 0 Å². The van der Waals surface area contributed by atoms with Gasteiger partial charge in [-0.25, -0.2) is 8.78 Å². The molecule has 0 aliphatic carbocycles. The van der Waals surface area contributed by atoms with E-state index >= 15 is 0 Å². The maximum atomic E-state index is 12.6. The molecule has 0 amide bonds. The molecule has 0 aromatic heterocycles. The van der Waals surface area contributed by atoms with E-state index in [0.717, 1.165) is 0 Å². The standard InChI is InChI=1S/2C4H4F6O3S.C3H8O2/c2*1-2(5,14(11,12)13)3(6,7)4(8,9)10;1-3(5)2-4/h2*1H3,(H,11,12,13);3-5H,2H2,1H3. The summed E-state index contributed by atoms with van der Waals surface area (Å²) in [6.07, 6.45) is -13.4. The first-order valence-corrected chi connectivity index (χ1v) is 10.1. The Morgan fingerprint density at radius 3 is 0.818 bits per heavy atom. The monoisotopic (exact) mass is 568 g/mol. The fraction of sp³-hybridized carbons (Fsp3) is 1.00. The van der Waals surface area contributed by atoms with Crippen LogP contribution in [-0.2, 0) is 20.2 Å². The van der Waals surface area contributed by atoms with Crippen molar-refractivity contribution in [2.75, 3.05) is 6.61 Å². The summed E-state index contributed by atoms with van der Waals surface area (Å²) >= 11 is 0. The van der Waals surface area contributed by atoms with Crippen LogP contribution in [0.25, 0.3) is 0 Å². The first-order valence-electron chi connectivity index (χ1n) is 7.27. The lowest BCUT2D eigenvalue weighted by atomic mass is 10.2. The van der Waals surface area contributed by atoms with E-state index in [2.05, 4.69) is 0 Å². The van der Waals surface area contributed by atoms with Crippen LogP contribution in [0.3, 0.4) is 0 Å². The number of rotatable bonds is 5. The van der Waals surface area contributed by atoms with Crippen molar-refractivity contribution < 1.29 is 88.8 Å². The van der Waals surface area contributed by atoms with E-state index in [1.807, 2.05) is 0 Å². The van der Waals surface area contributed by atoms with Gasteiger partial charge in [-0.1, -0.05) is 0 Å². The van der Waals surface area contributed by atoms with Crippen molar-refractivity contribution >= 4 is 20.2 Å². The van der Waals surface area contributed by atoms with Crippen LogP contribution in [0, 0.1) is 0 Å². The van der Waals surface area contributed by atoms with Crippen molar-refractivity contribution in [3.05, 3.63) is 0 Å². The van der Waals surface area contributed by atoms with Crippen LogP contribution < -0.4 is 0 Å². The van der Waals surface area contributed by atoms with Crippen molar-refractivity contribution in [3.63, 3.8) is 0 Å². The van der Waals surface area contributed by atoms with Gasteiger partial charge in [-0.05, 0) is 20.8 Å². The molecule has 0 rings (SSSR count). The van der Waals surface area contributed by atoms with Crippen LogP contribution in [0.1, 0.15) is 20.8 Å². The Kier molecular flexibility index (Phi) is 11.8. The van der Waals surface area contributed by atoms with Gasteiger partial charge in [-0.2, -0.15) is 60.7 Å². The maximum absolute atomic E-state index is 12.6. The molecule has 33 heavy (non-hydrogen) atoms. The van der Waals surface area contributed by atoms with Crippen molar-refractivity contribution in [2.45, 2.75) is 61.1 Å². The Morgan fingerprint density at radius 2 is 0.788 bits per heavy atom. The summed E-state index contributed by atoms with van der Waals surface area (Å²) < 4.78 is 198. The van der Waals surface area contributed by atoms with Gasteiger partial charge in [0.25, 0.3) is 0 Å². The Morgan fingerprint density at radius 1 is 0.636 bits per heavy atom. The van der Waals surface area contributed by atoms with E-state index in [4.69, 9.17) is 19.3 Å². The highest BCUT2D eigenvalue weighted by atomic mass is 32.2. The van der Waals surface area contributed by atoms with Crippen molar-refractivity contribution in [1.29, 1.82) is 0 Å². The molecule has 0 saturated heterocycles. The lowest BCUT2D eigenvalue weighted by Gasteiger charge is -2.28. The average Bonchev–Trinajstić information content (AvgIpc) is 2.51. The number of hydrogen-bond donors (Lipinski definition) is 4. The van der Waals surface area contributed by atoms with E-state index in [9.17, 15) is 69.5 Å². The van der Waals surface area contributed by atoms with E-state index in [-0.39, 0.29) is 6.61 Å². The molecule has 204 valence electrons. The van der Waals surface area contributed by atoms with E-state index in [0.29, 0.717) is 0 Å². The summed E-state index contributed by atoms with van der Waals surface area (Å²) in [6.45, 7) is 0.242. The smallest absolute Gasteiger partial charge is 0.394 e. The minimum Gasteiger partial charge on any atom is -0.394 e. The minimum atomic E-state index is -6.41. The molecule has 3 unspecified atom stereocenters. The second kappa shape index (κ2) is 10.7. The number of halogens is 12. The van der Waals surface area contributed by atoms with Gasteiger partial charge < -0.3 is 10.2 Å². The summed E-state index contributed by atoms with van der Waals surface area (Å²) in [4.78, 5) is 0. The molecule has 0 radical (unpaired) electrons. The van der Waals surface area contributed by atoms with Gasteiger partial charge in [0, 0.05) is 0 Å². The summed E-state index contributed by atoms with van der Waals surface area (Å²) in [5.41, 5.74) is 0. The summed E-state index contributed by atoms with van der Waals surface area (Å²) in [5.74, 6) is -12.4. The molecule has 0 saturated carbocycles. The van der Waals surface area contributed by atoms with Gasteiger partial charge in [0.2, 0.25) is 0 Å². The first kappa shape index (κ1) is 36.5. The second-order valence-corrected chi connectivity index (χ2v) is 9.39. The lowest BCUT2D eigenvalue weighted by molar-refractivity contribution is -0.309. The Bertz CT molecular complexity index is 762. The topological polar surface area (TPSA) is 149 Å². The molecule has 3 atom stereocenters. The molecule has 0 spiro atoms. The largest absolute Gasteiger partial charge is 0.458 e. The molecule has 0 aliphatic heterocycles. The van der Waals surface area contributed by atoms with Gasteiger partial charge in [0.05, 0.1) is 12.7 Å². The highest BCUT2D eigenvalue weighted by molar-refractivity contribution is 7.87. The summed E-state index contributed by atoms with van der Waals surface area (Å²) in [5, 5.41) is 5.78. The summed E-state index contributed by atoms with van der Waals surface area (Å²) in [7, 11) is -12.4. The minimum absolute atomic E-state index is 0.139. The molecule has 22 heteroatoms. The first-order chi connectivity index (χ1) is 13.8.